The number of carbonyl (C=O) groups excluding carboxylic acids is 1. The Morgan fingerprint density at radius 3 is 1.37 bits per heavy atom. The molecule has 0 fully saturated rings. The summed E-state index contributed by atoms with van der Waals surface area (Å²) >= 11 is 0. The molecule has 0 radical (unpaired) electrons. The van der Waals surface area contributed by atoms with E-state index in [9.17, 15) is 9.90 Å². The maximum atomic E-state index is 12.7. The Kier molecular flexibility index (Phi) is 20.6. The largest absolute Gasteiger partial charge is 1.00 e. The van der Waals surface area contributed by atoms with Gasteiger partial charge < -0.3 is 21.6 Å². The molecule has 0 aliphatic heterocycles. The number of phenolic OH excluding ortho intramolecular Hbond substituents is 1. The molecule has 0 aliphatic carbocycles. The third-order valence-electron chi connectivity index (χ3n) is 8.16. The van der Waals surface area contributed by atoms with Crippen molar-refractivity contribution in [2.45, 2.75) is 71.5 Å². The van der Waals surface area contributed by atoms with E-state index in [1.807, 2.05) is 84.9 Å². The van der Waals surface area contributed by atoms with Gasteiger partial charge in [-0.2, -0.15) is 0 Å². The monoisotopic (exact) mass is 802 g/mol. The molecule has 4 aromatic heterocycles. The van der Waals surface area contributed by atoms with Crippen LogP contribution in [0, 0.1) is 0 Å². The number of amides is 1. The SMILES string of the molecule is NCCCCCC(=O)NCc1cc(CN(Cc2ccccn2)Cc2ccccn2)c(O)c(CN(Cc2ccccn2)Cc2ccccn2)c1.O.[Cu+].[Cu+]. The number of phenols is 1. The van der Waals surface area contributed by atoms with Gasteiger partial charge in [0.1, 0.15) is 5.75 Å². The Morgan fingerprint density at radius 1 is 0.615 bits per heavy atom. The summed E-state index contributed by atoms with van der Waals surface area (Å²) in [5, 5.41) is 15.0. The molecule has 1 amide bonds. The summed E-state index contributed by atoms with van der Waals surface area (Å²) in [7, 11) is 0. The molecule has 0 aliphatic rings. The number of pyridine rings is 4. The number of nitrogens with two attached hydrogens (primary N) is 1. The van der Waals surface area contributed by atoms with Gasteiger partial charge in [0, 0.05) is 88.1 Å². The van der Waals surface area contributed by atoms with E-state index < -0.39 is 0 Å². The number of nitrogens with one attached hydrogen (secondary N) is 1. The van der Waals surface area contributed by atoms with Gasteiger partial charge in [-0.15, -0.1) is 0 Å². The minimum Gasteiger partial charge on any atom is -0.507 e. The minimum atomic E-state index is 0. The van der Waals surface area contributed by atoms with E-state index in [1.54, 1.807) is 24.8 Å². The molecular formula is C39H48Cu2N8O3+2. The van der Waals surface area contributed by atoms with Crippen molar-refractivity contribution in [2.24, 2.45) is 5.73 Å². The Bertz CT molecular complexity index is 1520. The topological polar surface area (TPSA) is 165 Å². The van der Waals surface area contributed by atoms with Gasteiger partial charge in [0.2, 0.25) is 5.91 Å². The molecule has 5 aromatic rings. The van der Waals surface area contributed by atoms with Gasteiger partial charge in [-0.1, -0.05) is 30.7 Å². The molecule has 282 valence electrons. The Morgan fingerprint density at radius 2 is 1.02 bits per heavy atom. The first-order chi connectivity index (χ1) is 24.1. The van der Waals surface area contributed by atoms with E-state index in [1.165, 1.54) is 0 Å². The molecule has 52 heavy (non-hydrogen) atoms. The second-order valence-corrected chi connectivity index (χ2v) is 12.2. The zero-order valence-corrected chi connectivity index (χ0v) is 31.0. The molecule has 1 aromatic carbocycles. The predicted molar refractivity (Wildman–Crippen MR) is 194 cm³/mol. The molecule has 4 heterocycles. The maximum Gasteiger partial charge on any atom is 1.00 e. The van der Waals surface area contributed by atoms with E-state index in [0.717, 1.165) is 58.7 Å². The molecular weight excluding hydrogens is 756 g/mol. The van der Waals surface area contributed by atoms with Gasteiger partial charge in [-0.05, 0) is 85.6 Å². The van der Waals surface area contributed by atoms with Crippen LogP contribution in [-0.4, -0.2) is 52.8 Å². The normalized spacial score (nSPS) is 10.6. The number of nitrogens with zero attached hydrogens (tertiary/aromatic N) is 6. The predicted octanol–water partition coefficient (Wildman–Crippen LogP) is 4.68. The third kappa shape index (κ3) is 14.9. The first-order valence-corrected chi connectivity index (χ1v) is 16.9. The second kappa shape index (κ2) is 24.3. The van der Waals surface area contributed by atoms with Crippen LogP contribution in [-0.2, 0) is 84.7 Å². The van der Waals surface area contributed by atoms with Crippen molar-refractivity contribution < 1.29 is 49.5 Å². The number of aromatic hydroxyl groups is 1. The number of hydrogen-bond acceptors (Lipinski definition) is 9. The summed E-state index contributed by atoms with van der Waals surface area (Å²) in [5.74, 6) is 0.239. The van der Waals surface area contributed by atoms with E-state index in [0.29, 0.717) is 58.8 Å². The standard InChI is InChI=1S/C39H46N8O2.2Cu.H2O/c40-17-7-1-2-16-38(48)45-24-31-22-32(25-46(27-34-12-3-8-18-41-34)28-35-13-4-9-19-42-35)39(49)33(23-31)26-47(29-36-14-5-10-20-43-36)30-37-15-6-11-21-44-37;;;/h3-6,8-15,18-23,49H,1-2,7,16-17,24-30,40H2,(H,45,48);;;1H2/q;2*+1;. The third-order valence-corrected chi connectivity index (χ3v) is 8.16. The van der Waals surface area contributed by atoms with Crippen LogP contribution in [0.3, 0.4) is 0 Å². The summed E-state index contributed by atoms with van der Waals surface area (Å²) in [6.07, 6.45) is 10.3. The Balaban J connectivity index is 0.00000312. The van der Waals surface area contributed by atoms with Crippen LogP contribution in [0.2, 0.25) is 0 Å². The van der Waals surface area contributed by atoms with Crippen molar-refractivity contribution in [1.29, 1.82) is 0 Å². The van der Waals surface area contributed by atoms with Gasteiger partial charge in [-0.25, -0.2) is 0 Å². The number of hydrogen-bond donors (Lipinski definition) is 3. The van der Waals surface area contributed by atoms with Crippen molar-refractivity contribution in [3.8, 4) is 5.75 Å². The van der Waals surface area contributed by atoms with Crippen LogP contribution >= 0.6 is 0 Å². The molecule has 0 bridgehead atoms. The summed E-state index contributed by atoms with van der Waals surface area (Å²) in [4.78, 5) is 35.5. The first-order valence-electron chi connectivity index (χ1n) is 16.9. The zero-order valence-electron chi connectivity index (χ0n) is 29.1. The molecule has 0 unspecified atom stereocenters. The van der Waals surface area contributed by atoms with Crippen molar-refractivity contribution in [3.63, 3.8) is 0 Å². The van der Waals surface area contributed by atoms with Gasteiger partial charge in [-0.3, -0.25) is 34.5 Å². The average molecular weight is 804 g/mol. The fourth-order valence-electron chi connectivity index (χ4n) is 5.77. The summed E-state index contributed by atoms with van der Waals surface area (Å²) in [6, 6.07) is 27.6. The van der Waals surface area contributed by atoms with E-state index in [-0.39, 0.29) is 51.3 Å². The van der Waals surface area contributed by atoms with Crippen LogP contribution in [0.4, 0.5) is 0 Å². The Hall–Kier alpha value is -4.03. The number of carbonyl (C=O) groups is 1. The fraction of sp³-hybridized carbons (Fsp3) is 0.308. The smallest absolute Gasteiger partial charge is 0.507 e. The number of rotatable bonds is 19. The van der Waals surface area contributed by atoms with Crippen LogP contribution in [0.1, 0.15) is 65.1 Å². The van der Waals surface area contributed by atoms with Gasteiger partial charge >= 0.3 is 34.1 Å². The van der Waals surface area contributed by atoms with Crippen molar-refractivity contribution >= 4 is 5.91 Å². The number of aromatic nitrogens is 4. The summed E-state index contributed by atoms with van der Waals surface area (Å²) < 4.78 is 0. The van der Waals surface area contributed by atoms with Crippen molar-refractivity contribution in [2.75, 3.05) is 6.54 Å². The fourth-order valence-corrected chi connectivity index (χ4v) is 5.77. The summed E-state index contributed by atoms with van der Waals surface area (Å²) in [5.41, 5.74) is 11.8. The van der Waals surface area contributed by atoms with Crippen molar-refractivity contribution in [1.82, 2.24) is 35.1 Å². The minimum absolute atomic E-state index is 0. The molecule has 0 saturated carbocycles. The molecule has 6 N–H and O–H groups in total. The molecule has 13 heteroatoms. The van der Waals surface area contributed by atoms with Crippen LogP contribution in [0.5, 0.6) is 5.75 Å². The second-order valence-electron chi connectivity index (χ2n) is 12.2. The zero-order chi connectivity index (χ0) is 34.1. The van der Waals surface area contributed by atoms with Crippen LogP contribution < -0.4 is 11.1 Å². The molecule has 5 rings (SSSR count). The number of unbranched alkanes of at least 4 members (excludes halogenated alkanes) is 2. The summed E-state index contributed by atoms with van der Waals surface area (Å²) in [6.45, 7) is 4.18. The molecule has 0 atom stereocenters. The molecule has 0 spiro atoms. The van der Waals surface area contributed by atoms with Gasteiger partial charge in [0.15, 0.2) is 0 Å². The molecule has 0 saturated heterocycles. The Labute approximate surface area is 327 Å². The maximum absolute atomic E-state index is 12.7. The molecule has 11 nitrogen and oxygen atoms in total. The first kappa shape index (κ1) is 44.1. The van der Waals surface area contributed by atoms with Crippen molar-refractivity contribution in [3.05, 3.63) is 149 Å². The van der Waals surface area contributed by atoms with E-state index in [2.05, 4.69) is 35.1 Å². The van der Waals surface area contributed by atoms with Crippen LogP contribution in [0.25, 0.3) is 0 Å². The van der Waals surface area contributed by atoms with E-state index in [4.69, 9.17) is 5.73 Å². The van der Waals surface area contributed by atoms with Gasteiger partial charge in [0.25, 0.3) is 0 Å². The quantitative estimate of drug-likeness (QED) is 0.0795. The average Bonchev–Trinajstić information content (AvgIpc) is 3.12. The van der Waals surface area contributed by atoms with Crippen LogP contribution in [0.15, 0.2) is 110 Å². The number of benzene rings is 1. The van der Waals surface area contributed by atoms with Gasteiger partial charge in [0.05, 0.1) is 22.8 Å². The van der Waals surface area contributed by atoms with E-state index >= 15 is 0 Å².